The molecule has 0 fully saturated rings. The SMILES string of the molecule is COc1ccc(C2C(=O)c3ccc(O)cc3C2=O)cc1. The van der Waals surface area contributed by atoms with Crippen molar-refractivity contribution in [2.24, 2.45) is 0 Å². The molecule has 4 heteroatoms. The highest BCUT2D eigenvalue weighted by atomic mass is 16.5. The van der Waals surface area contributed by atoms with Gasteiger partial charge in [0.05, 0.1) is 7.11 Å². The van der Waals surface area contributed by atoms with Crippen molar-refractivity contribution in [2.75, 3.05) is 7.11 Å². The molecule has 1 aliphatic carbocycles. The lowest BCUT2D eigenvalue weighted by atomic mass is 9.94. The minimum absolute atomic E-state index is 0.0136. The summed E-state index contributed by atoms with van der Waals surface area (Å²) >= 11 is 0. The van der Waals surface area contributed by atoms with Crippen molar-refractivity contribution >= 4 is 11.6 Å². The number of carbonyl (C=O) groups is 2. The van der Waals surface area contributed by atoms with E-state index in [4.69, 9.17) is 4.74 Å². The molecule has 0 aliphatic heterocycles. The zero-order valence-corrected chi connectivity index (χ0v) is 10.8. The highest BCUT2D eigenvalue weighted by Gasteiger charge is 2.39. The van der Waals surface area contributed by atoms with Crippen LogP contribution in [0.5, 0.6) is 11.5 Å². The molecule has 1 aliphatic rings. The molecule has 3 rings (SSSR count). The third-order valence-corrected chi connectivity index (χ3v) is 3.51. The number of hydrogen-bond acceptors (Lipinski definition) is 4. The average Bonchev–Trinajstić information content (AvgIpc) is 2.71. The maximum Gasteiger partial charge on any atom is 0.178 e. The Bertz CT molecular complexity index is 701. The fourth-order valence-electron chi connectivity index (χ4n) is 2.48. The molecule has 20 heavy (non-hydrogen) atoms. The van der Waals surface area contributed by atoms with Gasteiger partial charge in [0.1, 0.15) is 17.4 Å². The van der Waals surface area contributed by atoms with Gasteiger partial charge in [-0.2, -0.15) is 0 Å². The van der Waals surface area contributed by atoms with Crippen LogP contribution in [-0.4, -0.2) is 23.8 Å². The molecule has 1 N–H and O–H groups in total. The number of Topliss-reactive ketones (excluding diaryl/α,β-unsaturated/α-hetero) is 2. The van der Waals surface area contributed by atoms with Crippen LogP contribution in [0.2, 0.25) is 0 Å². The second-order valence-corrected chi connectivity index (χ2v) is 4.66. The molecule has 0 saturated carbocycles. The van der Waals surface area contributed by atoms with Crippen LogP contribution in [0.15, 0.2) is 42.5 Å². The molecule has 0 radical (unpaired) electrons. The zero-order chi connectivity index (χ0) is 14.3. The molecular weight excluding hydrogens is 256 g/mol. The molecule has 0 heterocycles. The van der Waals surface area contributed by atoms with Crippen molar-refractivity contribution in [3.8, 4) is 11.5 Å². The number of fused-ring (bicyclic) bond motifs is 1. The van der Waals surface area contributed by atoms with Gasteiger partial charge in [0, 0.05) is 11.1 Å². The van der Waals surface area contributed by atoms with Crippen molar-refractivity contribution in [3.63, 3.8) is 0 Å². The monoisotopic (exact) mass is 268 g/mol. The van der Waals surface area contributed by atoms with Crippen molar-refractivity contribution < 1.29 is 19.4 Å². The molecule has 1 atom stereocenters. The van der Waals surface area contributed by atoms with Gasteiger partial charge in [-0.1, -0.05) is 12.1 Å². The predicted octanol–water partition coefficient (Wildman–Crippen LogP) is 2.56. The Labute approximate surface area is 115 Å². The predicted molar refractivity (Wildman–Crippen MR) is 72.5 cm³/mol. The van der Waals surface area contributed by atoms with Gasteiger partial charge in [-0.15, -0.1) is 0 Å². The smallest absolute Gasteiger partial charge is 0.178 e. The molecule has 100 valence electrons. The van der Waals surface area contributed by atoms with E-state index in [0.717, 1.165) is 0 Å². The molecule has 0 bridgehead atoms. The summed E-state index contributed by atoms with van der Waals surface area (Å²) in [6, 6.07) is 11.1. The van der Waals surface area contributed by atoms with Gasteiger partial charge in [0.25, 0.3) is 0 Å². The van der Waals surface area contributed by atoms with Gasteiger partial charge < -0.3 is 9.84 Å². The van der Waals surface area contributed by atoms with Crippen LogP contribution in [0, 0.1) is 0 Å². The Morgan fingerprint density at radius 2 is 1.60 bits per heavy atom. The lowest BCUT2D eigenvalue weighted by Gasteiger charge is -2.08. The molecule has 0 amide bonds. The summed E-state index contributed by atoms with van der Waals surface area (Å²) in [4.78, 5) is 24.7. The third-order valence-electron chi connectivity index (χ3n) is 3.51. The van der Waals surface area contributed by atoms with E-state index in [1.165, 1.54) is 18.2 Å². The molecular formula is C16H12O4. The van der Waals surface area contributed by atoms with E-state index in [9.17, 15) is 14.7 Å². The second-order valence-electron chi connectivity index (χ2n) is 4.66. The average molecular weight is 268 g/mol. The molecule has 0 spiro atoms. The molecule has 2 aromatic rings. The standard InChI is InChI=1S/C16H12O4/c1-20-11-5-2-9(3-6-11)14-15(18)12-7-4-10(17)8-13(12)16(14)19/h2-8,14,17H,1H3. The van der Waals surface area contributed by atoms with E-state index in [1.807, 2.05) is 0 Å². The van der Waals surface area contributed by atoms with Crippen molar-refractivity contribution in [1.29, 1.82) is 0 Å². The largest absolute Gasteiger partial charge is 0.508 e. The summed E-state index contributed by atoms with van der Waals surface area (Å²) in [5, 5.41) is 9.45. The van der Waals surface area contributed by atoms with Gasteiger partial charge in [-0.05, 0) is 35.9 Å². The van der Waals surface area contributed by atoms with E-state index in [1.54, 1.807) is 31.4 Å². The van der Waals surface area contributed by atoms with E-state index < -0.39 is 5.92 Å². The lowest BCUT2D eigenvalue weighted by molar-refractivity contribution is 0.0890. The van der Waals surface area contributed by atoms with Gasteiger partial charge in [-0.3, -0.25) is 9.59 Å². The molecule has 0 aromatic heterocycles. The molecule has 4 nitrogen and oxygen atoms in total. The van der Waals surface area contributed by atoms with Gasteiger partial charge in [0.15, 0.2) is 11.6 Å². The normalized spacial score (nSPS) is 17.1. The van der Waals surface area contributed by atoms with Crippen LogP contribution >= 0.6 is 0 Å². The minimum atomic E-state index is -0.822. The summed E-state index contributed by atoms with van der Waals surface area (Å²) < 4.78 is 5.06. The highest BCUT2D eigenvalue weighted by molar-refractivity contribution is 6.29. The number of benzene rings is 2. The summed E-state index contributed by atoms with van der Waals surface area (Å²) in [5.41, 5.74) is 1.29. The van der Waals surface area contributed by atoms with E-state index in [0.29, 0.717) is 16.9 Å². The fraction of sp³-hybridized carbons (Fsp3) is 0.125. The second kappa shape index (κ2) is 4.49. The first-order valence-corrected chi connectivity index (χ1v) is 6.17. The van der Waals surface area contributed by atoms with E-state index >= 15 is 0 Å². The quantitative estimate of drug-likeness (QED) is 0.850. The zero-order valence-electron chi connectivity index (χ0n) is 10.8. The number of phenols is 1. The minimum Gasteiger partial charge on any atom is -0.508 e. The van der Waals surface area contributed by atoms with Crippen LogP contribution in [0.4, 0.5) is 0 Å². The summed E-state index contributed by atoms with van der Waals surface area (Å²) in [5.74, 6) is -0.666. The summed E-state index contributed by atoms with van der Waals surface area (Å²) in [6.07, 6.45) is 0. The Kier molecular flexibility index (Phi) is 2.79. The van der Waals surface area contributed by atoms with E-state index in [-0.39, 0.29) is 22.9 Å². The van der Waals surface area contributed by atoms with Gasteiger partial charge in [-0.25, -0.2) is 0 Å². The Morgan fingerprint density at radius 3 is 2.25 bits per heavy atom. The number of carbonyl (C=O) groups excluding carboxylic acids is 2. The van der Waals surface area contributed by atoms with Crippen molar-refractivity contribution in [2.45, 2.75) is 5.92 Å². The lowest BCUT2D eigenvalue weighted by Crippen LogP contribution is -2.12. The Hall–Kier alpha value is -2.62. The number of hydrogen-bond donors (Lipinski definition) is 1. The first-order chi connectivity index (χ1) is 9.61. The maximum atomic E-state index is 12.4. The first-order valence-electron chi connectivity index (χ1n) is 6.17. The van der Waals surface area contributed by atoms with E-state index in [2.05, 4.69) is 0 Å². The number of rotatable bonds is 2. The Balaban J connectivity index is 2.04. The number of aromatic hydroxyl groups is 1. The maximum absolute atomic E-state index is 12.4. The molecule has 0 saturated heterocycles. The fourth-order valence-corrected chi connectivity index (χ4v) is 2.48. The number of methoxy groups -OCH3 is 1. The topological polar surface area (TPSA) is 63.6 Å². The third kappa shape index (κ3) is 1.77. The van der Waals surface area contributed by atoms with Gasteiger partial charge >= 0.3 is 0 Å². The number of ketones is 2. The van der Waals surface area contributed by atoms with Crippen LogP contribution in [-0.2, 0) is 0 Å². The van der Waals surface area contributed by atoms with Crippen molar-refractivity contribution in [1.82, 2.24) is 0 Å². The van der Waals surface area contributed by atoms with Crippen LogP contribution in [0.3, 0.4) is 0 Å². The van der Waals surface area contributed by atoms with Crippen molar-refractivity contribution in [3.05, 3.63) is 59.2 Å². The summed E-state index contributed by atoms with van der Waals surface area (Å²) in [6.45, 7) is 0. The summed E-state index contributed by atoms with van der Waals surface area (Å²) in [7, 11) is 1.56. The molecule has 1 unspecified atom stereocenters. The van der Waals surface area contributed by atoms with Gasteiger partial charge in [0.2, 0.25) is 0 Å². The van der Waals surface area contributed by atoms with Crippen LogP contribution in [0.25, 0.3) is 0 Å². The number of phenolic OH excluding ortho intramolecular Hbond substituents is 1. The highest BCUT2D eigenvalue weighted by Crippen LogP contribution is 2.35. The number of ether oxygens (including phenoxy) is 1. The van der Waals surface area contributed by atoms with Crippen LogP contribution < -0.4 is 4.74 Å². The molecule has 2 aromatic carbocycles. The van der Waals surface area contributed by atoms with Crippen LogP contribution in [0.1, 0.15) is 32.2 Å². The Morgan fingerprint density at radius 1 is 0.950 bits per heavy atom. The first kappa shape index (κ1) is 12.4.